The Labute approximate surface area is 171 Å². The molecule has 1 nitrogen and oxygen atoms in total. The zero-order valence-electron chi connectivity index (χ0n) is 16.4. The molecule has 4 heteroatoms. The molecule has 2 rings (SSSR count). The summed E-state index contributed by atoms with van der Waals surface area (Å²) in [6.45, 7) is 15.1. The third-order valence-electron chi connectivity index (χ3n) is 3.87. The summed E-state index contributed by atoms with van der Waals surface area (Å²) in [6.07, 6.45) is 8.50. The van der Waals surface area contributed by atoms with Crippen molar-refractivity contribution < 1.29 is 22.1 Å². The van der Waals surface area contributed by atoms with Crippen molar-refractivity contribution in [2.45, 2.75) is 60.3 Å². The molecule has 139 valence electrons. The Balaban J connectivity index is 0.000000417. The van der Waals surface area contributed by atoms with Gasteiger partial charge in [-0.15, -0.1) is 0 Å². The topological polar surface area (TPSA) is 20.2 Å². The average Bonchev–Trinajstić information content (AvgIpc) is 3.02. The predicted molar refractivity (Wildman–Crippen MR) is 109 cm³/mol. The Kier molecular flexibility index (Phi) is 12.1. The summed E-state index contributed by atoms with van der Waals surface area (Å²) in [5, 5.41) is 9.93. The van der Waals surface area contributed by atoms with E-state index >= 15 is 0 Å². The van der Waals surface area contributed by atoms with Crippen LogP contribution in [0.4, 0.5) is 0 Å². The molecule has 1 N–H and O–H groups in total. The number of phenols is 1. The second-order valence-electron chi connectivity index (χ2n) is 7.59. The molecule has 1 aliphatic rings. The van der Waals surface area contributed by atoms with Gasteiger partial charge in [0.05, 0.1) is 0 Å². The van der Waals surface area contributed by atoms with E-state index in [1.807, 2.05) is 18.2 Å². The van der Waals surface area contributed by atoms with E-state index in [4.69, 9.17) is 18.6 Å². The first kappa shape index (κ1) is 24.8. The van der Waals surface area contributed by atoms with Crippen molar-refractivity contribution in [2.24, 2.45) is 5.41 Å². The van der Waals surface area contributed by atoms with Gasteiger partial charge in [-0.3, -0.25) is 0 Å². The molecule has 0 amide bonds. The molecule has 0 bridgehead atoms. The molecule has 0 saturated carbocycles. The summed E-state index contributed by atoms with van der Waals surface area (Å²) in [4.78, 5) is 0. The first-order valence-electron chi connectivity index (χ1n) is 8.56. The summed E-state index contributed by atoms with van der Waals surface area (Å²) in [7, 11) is 9.78. The van der Waals surface area contributed by atoms with Crippen LogP contribution in [0.2, 0.25) is 0 Å². The second kappa shape index (κ2) is 12.2. The van der Waals surface area contributed by atoms with Gasteiger partial charge in [0.2, 0.25) is 0 Å². The van der Waals surface area contributed by atoms with Crippen LogP contribution < -0.4 is 0 Å². The van der Waals surface area contributed by atoms with Crippen molar-refractivity contribution in [3.8, 4) is 5.75 Å². The summed E-state index contributed by atoms with van der Waals surface area (Å²) < 4.78 is 0. The quantitative estimate of drug-likeness (QED) is 0.487. The van der Waals surface area contributed by atoms with E-state index in [0.29, 0.717) is 23.0 Å². The first-order chi connectivity index (χ1) is 11.6. The van der Waals surface area contributed by atoms with Crippen LogP contribution in [-0.2, 0) is 17.0 Å². The van der Waals surface area contributed by atoms with Crippen LogP contribution in [0.15, 0.2) is 42.0 Å². The van der Waals surface area contributed by atoms with Crippen molar-refractivity contribution in [3.63, 3.8) is 0 Å². The van der Waals surface area contributed by atoms with Gasteiger partial charge in [0.25, 0.3) is 0 Å². The third kappa shape index (κ3) is 9.34. The van der Waals surface area contributed by atoms with Gasteiger partial charge in [-0.1, -0.05) is 90.5 Å². The number of hydrogen-bond acceptors (Lipinski definition) is 1. The predicted octanol–water partition coefficient (Wildman–Crippen LogP) is 7.75. The number of aromatic hydroxyl groups is 1. The average molecular weight is 418 g/mol. The van der Waals surface area contributed by atoms with Crippen molar-refractivity contribution in [3.05, 3.63) is 59.5 Å². The van der Waals surface area contributed by atoms with Crippen LogP contribution in [0, 0.1) is 11.8 Å². The van der Waals surface area contributed by atoms with E-state index in [1.54, 1.807) is 0 Å². The number of phenolic OH excluding ortho intramolecular Hbond substituents is 1. The maximum atomic E-state index is 9.93. The Morgan fingerprint density at radius 2 is 1.36 bits per heavy atom. The first-order valence-corrected chi connectivity index (χ1v) is 12.9. The van der Waals surface area contributed by atoms with Gasteiger partial charge in [0, 0.05) is 6.42 Å². The van der Waals surface area contributed by atoms with Gasteiger partial charge >= 0.3 is 35.6 Å². The molecule has 1 radical (unpaired) electrons. The summed E-state index contributed by atoms with van der Waals surface area (Å²) in [5.41, 5.74) is 3.84. The van der Waals surface area contributed by atoms with Gasteiger partial charge in [-0.25, -0.2) is 0 Å². The van der Waals surface area contributed by atoms with Gasteiger partial charge < -0.3 is 5.11 Å². The SMILES string of the molecule is CC(C)(C)C1=CC=C[CH]1.CC(C)c1cccc(C(C)C)c1O.[Cl][Ti][Cl]. The molecule has 25 heavy (non-hydrogen) atoms. The summed E-state index contributed by atoms with van der Waals surface area (Å²) in [5.74, 6) is 1.25. The number of hydrogen-bond donors (Lipinski definition) is 1. The summed E-state index contributed by atoms with van der Waals surface area (Å²) in [6, 6.07) is 6.00. The van der Waals surface area contributed by atoms with Crippen molar-refractivity contribution in [1.82, 2.24) is 0 Å². The Morgan fingerprint density at radius 3 is 1.60 bits per heavy atom. The molecular formula is C21H31Cl2OTi. The van der Waals surface area contributed by atoms with Gasteiger partial charge in [0.15, 0.2) is 0 Å². The third-order valence-corrected chi connectivity index (χ3v) is 3.87. The molecule has 1 aromatic carbocycles. The van der Waals surface area contributed by atoms with Gasteiger partial charge in [-0.2, -0.15) is 0 Å². The van der Waals surface area contributed by atoms with E-state index in [1.165, 1.54) is 5.57 Å². The van der Waals surface area contributed by atoms with Crippen LogP contribution in [0.1, 0.15) is 71.4 Å². The number of benzene rings is 1. The summed E-state index contributed by atoms with van der Waals surface area (Å²) >= 11 is -0.556. The fourth-order valence-corrected chi connectivity index (χ4v) is 2.39. The second-order valence-corrected chi connectivity index (χ2v) is 10.2. The van der Waals surface area contributed by atoms with Crippen molar-refractivity contribution >= 4 is 18.6 Å². The Hall–Kier alpha value is -0.206. The molecule has 0 unspecified atom stereocenters. The zero-order valence-corrected chi connectivity index (χ0v) is 19.5. The van der Waals surface area contributed by atoms with E-state index < -0.39 is 17.0 Å². The zero-order chi connectivity index (χ0) is 19.6. The fourth-order valence-electron chi connectivity index (χ4n) is 2.39. The number of halogens is 2. The molecule has 0 heterocycles. The van der Waals surface area contributed by atoms with Crippen molar-refractivity contribution in [1.29, 1.82) is 0 Å². The van der Waals surface area contributed by atoms with E-state index in [2.05, 4.69) is 73.1 Å². The molecule has 1 aromatic rings. The molecule has 1 aliphatic carbocycles. The number of para-hydroxylation sites is 1. The normalized spacial score (nSPS) is 13.0. The van der Waals surface area contributed by atoms with Crippen LogP contribution in [0.5, 0.6) is 5.75 Å². The monoisotopic (exact) mass is 417 g/mol. The van der Waals surface area contributed by atoms with Crippen LogP contribution in [-0.4, -0.2) is 5.11 Å². The standard InChI is InChI=1S/C12H18O.C9H13.2ClH.Ti/c1-8(2)10-6-5-7-11(9(3)4)12(10)13;1-9(2,3)8-6-4-5-7-8;;;/h5-9,13H,1-4H3;4-7H,1-3H3;2*1H;/q;;;;+2/p-2. The fraction of sp³-hybridized carbons (Fsp3) is 0.476. The molecule has 0 aromatic heterocycles. The molecular weight excluding hydrogens is 387 g/mol. The minimum absolute atomic E-state index is 0.323. The van der Waals surface area contributed by atoms with Crippen molar-refractivity contribution in [2.75, 3.05) is 0 Å². The Bertz CT molecular complexity index is 543. The van der Waals surface area contributed by atoms with Gasteiger partial charge in [-0.05, 0) is 28.4 Å². The molecule has 0 aliphatic heterocycles. The van der Waals surface area contributed by atoms with E-state index in [-0.39, 0.29) is 0 Å². The molecule has 0 fully saturated rings. The van der Waals surface area contributed by atoms with Gasteiger partial charge in [0.1, 0.15) is 5.75 Å². The minimum atomic E-state index is -0.556. The number of allylic oxidation sites excluding steroid dienone is 4. The molecule has 0 saturated heterocycles. The molecule has 0 atom stereocenters. The maximum absolute atomic E-state index is 9.93. The molecule has 0 spiro atoms. The van der Waals surface area contributed by atoms with Crippen LogP contribution >= 0.6 is 18.6 Å². The van der Waals surface area contributed by atoms with Crippen LogP contribution in [0.3, 0.4) is 0 Å². The van der Waals surface area contributed by atoms with Crippen LogP contribution in [0.25, 0.3) is 0 Å². The Morgan fingerprint density at radius 1 is 0.920 bits per heavy atom. The van der Waals surface area contributed by atoms with E-state index in [9.17, 15) is 5.11 Å². The number of rotatable bonds is 2. The van der Waals surface area contributed by atoms with E-state index in [0.717, 1.165) is 11.1 Å².